The molecule has 1 atom stereocenters. The quantitative estimate of drug-likeness (QED) is 0.701. The molecule has 3 N–H and O–H groups in total. The zero-order valence-electron chi connectivity index (χ0n) is 12.8. The minimum Gasteiger partial charge on any atom is -0.481 e. The fourth-order valence-electron chi connectivity index (χ4n) is 2.59. The first kappa shape index (κ1) is 16.8. The van der Waals surface area contributed by atoms with Gasteiger partial charge in [-0.3, -0.25) is 4.79 Å². The largest absolute Gasteiger partial charge is 0.481 e. The Bertz CT molecular complexity index is 323. The second-order valence-corrected chi connectivity index (χ2v) is 6.38. The number of carbonyl (C=O) groups is 2. The van der Waals surface area contributed by atoms with Crippen LogP contribution in [0.1, 0.15) is 59.3 Å². The van der Waals surface area contributed by atoms with Crippen LogP contribution in [0.2, 0.25) is 0 Å². The highest BCUT2D eigenvalue weighted by Gasteiger charge is 2.26. The van der Waals surface area contributed by atoms with E-state index < -0.39 is 5.97 Å². The van der Waals surface area contributed by atoms with Crippen LogP contribution in [0, 0.1) is 11.8 Å². The summed E-state index contributed by atoms with van der Waals surface area (Å²) in [6.07, 6.45) is 4.91. The molecule has 0 aromatic rings. The zero-order chi connectivity index (χ0) is 15.1. The van der Waals surface area contributed by atoms with E-state index in [1.807, 2.05) is 6.92 Å². The van der Waals surface area contributed by atoms with Crippen LogP contribution in [0.3, 0.4) is 0 Å². The molecule has 5 nitrogen and oxygen atoms in total. The van der Waals surface area contributed by atoms with Gasteiger partial charge in [0.25, 0.3) is 0 Å². The summed E-state index contributed by atoms with van der Waals surface area (Å²) >= 11 is 0. The molecule has 2 amide bonds. The second kappa shape index (κ2) is 8.12. The van der Waals surface area contributed by atoms with Gasteiger partial charge in [-0.2, -0.15) is 0 Å². The van der Waals surface area contributed by atoms with Crippen molar-refractivity contribution in [3.8, 4) is 0 Å². The minimum atomic E-state index is -0.713. The first-order valence-corrected chi connectivity index (χ1v) is 7.68. The van der Waals surface area contributed by atoms with Crippen LogP contribution < -0.4 is 10.6 Å². The van der Waals surface area contributed by atoms with Crippen molar-refractivity contribution < 1.29 is 14.7 Å². The molecule has 0 heterocycles. The predicted molar refractivity (Wildman–Crippen MR) is 78.6 cm³/mol. The van der Waals surface area contributed by atoms with Crippen molar-refractivity contribution in [3.63, 3.8) is 0 Å². The van der Waals surface area contributed by atoms with Gasteiger partial charge in [-0.25, -0.2) is 4.79 Å². The highest BCUT2D eigenvalue weighted by atomic mass is 16.4. The molecule has 5 heteroatoms. The van der Waals surface area contributed by atoms with Crippen molar-refractivity contribution in [1.82, 2.24) is 10.6 Å². The lowest BCUT2D eigenvalue weighted by Gasteiger charge is -2.27. The van der Waals surface area contributed by atoms with E-state index in [9.17, 15) is 9.59 Å². The van der Waals surface area contributed by atoms with Gasteiger partial charge in [-0.1, -0.05) is 13.8 Å². The Morgan fingerprint density at radius 1 is 1.10 bits per heavy atom. The summed E-state index contributed by atoms with van der Waals surface area (Å²) in [5, 5.41) is 14.8. The molecule has 0 spiro atoms. The standard InChI is InChI=1S/C15H28N2O3/c1-10(2)4-5-11(3)16-15(20)17-13-8-6-12(7-9-13)14(18)19/h10-13H,4-9H2,1-3H3,(H,18,19)(H2,16,17,20). The van der Waals surface area contributed by atoms with Gasteiger partial charge in [0, 0.05) is 12.1 Å². The van der Waals surface area contributed by atoms with Crippen molar-refractivity contribution in [3.05, 3.63) is 0 Å². The molecule has 1 rings (SSSR count). The molecule has 0 bridgehead atoms. The number of hydrogen-bond acceptors (Lipinski definition) is 2. The van der Waals surface area contributed by atoms with Gasteiger partial charge in [-0.15, -0.1) is 0 Å². The van der Waals surface area contributed by atoms with Gasteiger partial charge < -0.3 is 15.7 Å². The molecule has 116 valence electrons. The summed E-state index contributed by atoms with van der Waals surface area (Å²) in [5.74, 6) is -0.301. The molecule has 0 aromatic carbocycles. The maximum atomic E-state index is 11.8. The Kier molecular flexibility index (Phi) is 6.82. The maximum absolute atomic E-state index is 11.8. The Morgan fingerprint density at radius 3 is 2.20 bits per heavy atom. The fourth-order valence-corrected chi connectivity index (χ4v) is 2.59. The number of carboxylic acids is 1. The van der Waals surface area contributed by atoms with Gasteiger partial charge in [0.05, 0.1) is 5.92 Å². The van der Waals surface area contributed by atoms with Gasteiger partial charge in [0.2, 0.25) is 0 Å². The van der Waals surface area contributed by atoms with Crippen molar-refractivity contribution in [2.45, 2.75) is 71.4 Å². The van der Waals surface area contributed by atoms with Crippen LogP contribution in [-0.4, -0.2) is 29.2 Å². The summed E-state index contributed by atoms with van der Waals surface area (Å²) < 4.78 is 0. The van der Waals surface area contributed by atoms with E-state index in [1.54, 1.807) is 0 Å². The number of carboxylic acid groups (broad SMARTS) is 1. The molecular formula is C15H28N2O3. The van der Waals surface area contributed by atoms with Crippen LogP contribution in [0.15, 0.2) is 0 Å². The van der Waals surface area contributed by atoms with Crippen LogP contribution in [-0.2, 0) is 4.79 Å². The van der Waals surface area contributed by atoms with E-state index in [2.05, 4.69) is 24.5 Å². The van der Waals surface area contributed by atoms with E-state index in [0.717, 1.165) is 25.7 Å². The normalized spacial score (nSPS) is 24.2. The molecule has 0 radical (unpaired) electrons. The van der Waals surface area contributed by atoms with Gasteiger partial charge in [0.1, 0.15) is 0 Å². The van der Waals surface area contributed by atoms with E-state index in [-0.39, 0.29) is 24.0 Å². The molecule has 0 saturated heterocycles. The monoisotopic (exact) mass is 284 g/mol. The molecule has 0 aliphatic heterocycles. The van der Waals surface area contributed by atoms with E-state index in [4.69, 9.17) is 5.11 Å². The van der Waals surface area contributed by atoms with Crippen LogP contribution >= 0.6 is 0 Å². The Balaban J connectivity index is 2.21. The third kappa shape index (κ3) is 6.26. The zero-order valence-corrected chi connectivity index (χ0v) is 12.8. The number of rotatable bonds is 6. The average Bonchev–Trinajstić information content (AvgIpc) is 2.36. The number of carbonyl (C=O) groups excluding carboxylic acids is 1. The Hall–Kier alpha value is -1.26. The SMILES string of the molecule is CC(C)CCC(C)NC(=O)NC1CCC(C(=O)O)CC1. The second-order valence-electron chi connectivity index (χ2n) is 6.38. The lowest BCUT2D eigenvalue weighted by atomic mass is 9.86. The number of amides is 2. The lowest BCUT2D eigenvalue weighted by molar-refractivity contribution is -0.142. The van der Waals surface area contributed by atoms with Crippen LogP contribution in [0.5, 0.6) is 0 Å². The molecule has 1 aliphatic carbocycles. The van der Waals surface area contributed by atoms with Crippen molar-refractivity contribution in [2.75, 3.05) is 0 Å². The molecule has 1 saturated carbocycles. The minimum absolute atomic E-state index is 0.114. The predicted octanol–water partition coefficient (Wildman–Crippen LogP) is 2.75. The van der Waals surface area contributed by atoms with E-state index in [1.165, 1.54) is 0 Å². The van der Waals surface area contributed by atoms with Gasteiger partial charge >= 0.3 is 12.0 Å². The molecule has 0 aromatic heterocycles. The van der Waals surface area contributed by atoms with Crippen molar-refractivity contribution in [2.24, 2.45) is 11.8 Å². The van der Waals surface area contributed by atoms with Gasteiger partial charge in [-0.05, 0) is 51.4 Å². The molecule has 1 unspecified atom stereocenters. The smallest absolute Gasteiger partial charge is 0.315 e. The van der Waals surface area contributed by atoms with Crippen LogP contribution in [0.25, 0.3) is 0 Å². The van der Waals surface area contributed by atoms with E-state index in [0.29, 0.717) is 18.8 Å². The number of hydrogen-bond donors (Lipinski definition) is 3. The molecule has 1 aliphatic rings. The number of nitrogens with one attached hydrogen (secondary N) is 2. The lowest BCUT2D eigenvalue weighted by Crippen LogP contribution is -2.46. The first-order chi connectivity index (χ1) is 9.38. The number of urea groups is 1. The fraction of sp³-hybridized carbons (Fsp3) is 0.867. The first-order valence-electron chi connectivity index (χ1n) is 7.68. The summed E-state index contributed by atoms with van der Waals surface area (Å²) in [5.41, 5.74) is 0. The summed E-state index contributed by atoms with van der Waals surface area (Å²) in [6.45, 7) is 6.37. The van der Waals surface area contributed by atoms with Gasteiger partial charge in [0.15, 0.2) is 0 Å². The summed E-state index contributed by atoms with van der Waals surface area (Å²) in [4.78, 5) is 22.7. The highest BCUT2D eigenvalue weighted by Crippen LogP contribution is 2.24. The average molecular weight is 284 g/mol. The third-order valence-electron chi connectivity index (χ3n) is 3.97. The van der Waals surface area contributed by atoms with Crippen molar-refractivity contribution >= 4 is 12.0 Å². The summed E-state index contributed by atoms with van der Waals surface area (Å²) in [7, 11) is 0. The number of aliphatic carboxylic acids is 1. The molecule has 20 heavy (non-hydrogen) atoms. The van der Waals surface area contributed by atoms with Crippen LogP contribution in [0.4, 0.5) is 4.79 Å². The van der Waals surface area contributed by atoms with E-state index >= 15 is 0 Å². The maximum Gasteiger partial charge on any atom is 0.315 e. The Labute approximate surface area is 121 Å². The highest BCUT2D eigenvalue weighted by molar-refractivity contribution is 5.74. The molecule has 1 fully saturated rings. The van der Waals surface area contributed by atoms with Crippen molar-refractivity contribution in [1.29, 1.82) is 0 Å². The summed E-state index contributed by atoms with van der Waals surface area (Å²) in [6, 6.07) is 0.163. The topological polar surface area (TPSA) is 78.4 Å². The Morgan fingerprint density at radius 2 is 1.70 bits per heavy atom. The third-order valence-corrected chi connectivity index (χ3v) is 3.97. The molecular weight excluding hydrogens is 256 g/mol.